The minimum absolute atomic E-state index is 0.213. The summed E-state index contributed by atoms with van der Waals surface area (Å²) in [6.07, 6.45) is 1.30. The molecule has 160 valence electrons. The van der Waals surface area contributed by atoms with Crippen LogP contribution in [0.3, 0.4) is 0 Å². The zero-order valence-corrected chi connectivity index (χ0v) is 18.8. The number of carboxylic acid groups (broad SMARTS) is 1. The molecule has 2 aromatic rings. The number of nitrogens with one attached hydrogen (secondary N) is 1. The van der Waals surface area contributed by atoms with E-state index in [1.807, 2.05) is 22.6 Å². The van der Waals surface area contributed by atoms with Crippen LogP contribution < -0.4 is 19.7 Å². The number of methoxy groups -OCH3 is 1. The second-order valence-electron chi connectivity index (χ2n) is 6.15. The van der Waals surface area contributed by atoms with Crippen molar-refractivity contribution in [3.05, 3.63) is 56.1 Å². The number of halogens is 2. The lowest BCUT2D eigenvalue weighted by Crippen LogP contribution is -2.54. The van der Waals surface area contributed by atoms with Gasteiger partial charge in [-0.2, -0.15) is 0 Å². The molecule has 0 saturated carbocycles. The Kier molecular flexibility index (Phi) is 6.81. The molecule has 9 nitrogen and oxygen atoms in total. The van der Waals surface area contributed by atoms with Crippen molar-refractivity contribution >= 4 is 69.8 Å². The molecule has 0 atom stereocenters. The maximum absolute atomic E-state index is 12.9. The second kappa shape index (κ2) is 9.35. The Morgan fingerprint density at radius 1 is 1.23 bits per heavy atom. The lowest BCUT2D eigenvalue weighted by Gasteiger charge is -2.26. The Bertz CT molecular complexity index is 1120. The van der Waals surface area contributed by atoms with Crippen LogP contribution in [0.4, 0.5) is 10.5 Å². The van der Waals surface area contributed by atoms with E-state index in [9.17, 15) is 19.2 Å². The van der Waals surface area contributed by atoms with Crippen LogP contribution in [0.1, 0.15) is 5.56 Å². The average molecular weight is 557 g/mol. The van der Waals surface area contributed by atoms with E-state index in [4.69, 9.17) is 26.2 Å². The molecular weight excluding hydrogens is 543 g/mol. The number of ether oxygens (including phenoxy) is 2. The Morgan fingerprint density at radius 3 is 2.52 bits per heavy atom. The van der Waals surface area contributed by atoms with Crippen molar-refractivity contribution < 1.29 is 33.8 Å². The van der Waals surface area contributed by atoms with Crippen molar-refractivity contribution in [2.75, 3.05) is 18.6 Å². The number of rotatable bonds is 6. The molecule has 0 spiro atoms. The number of barbiturate groups is 1. The summed E-state index contributed by atoms with van der Waals surface area (Å²) in [6.45, 7) is -0.564. The Morgan fingerprint density at radius 2 is 1.90 bits per heavy atom. The fraction of sp³-hybridized carbons (Fsp3) is 0.100. The molecule has 1 heterocycles. The number of nitrogens with zero attached hydrogens (tertiary/aromatic N) is 1. The second-order valence-corrected chi connectivity index (χ2v) is 7.75. The van der Waals surface area contributed by atoms with Crippen LogP contribution in [-0.2, 0) is 14.4 Å². The molecule has 0 aromatic heterocycles. The highest BCUT2D eigenvalue weighted by molar-refractivity contribution is 14.1. The monoisotopic (exact) mass is 556 g/mol. The molecule has 1 aliphatic heterocycles. The fourth-order valence-electron chi connectivity index (χ4n) is 2.75. The predicted octanol–water partition coefficient (Wildman–Crippen LogP) is 3.08. The van der Waals surface area contributed by atoms with Gasteiger partial charge in [-0.15, -0.1) is 0 Å². The van der Waals surface area contributed by atoms with Crippen molar-refractivity contribution in [2.24, 2.45) is 0 Å². The van der Waals surface area contributed by atoms with Gasteiger partial charge in [0.2, 0.25) is 0 Å². The first-order valence-electron chi connectivity index (χ1n) is 8.60. The Balaban J connectivity index is 1.99. The van der Waals surface area contributed by atoms with Gasteiger partial charge in [-0.05, 0) is 70.6 Å². The summed E-state index contributed by atoms with van der Waals surface area (Å²) in [6, 6.07) is 8.17. The number of benzene rings is 2. The minimum atomic E-state index is -1.15. The molecule has 1 aliphatic rings. The van der Waals surface area contributed by atoms with Crippen molar-refractivity contribution in [1.82, 2.24) is 5.32 Å². The van der Waals surface area contributed by atoms with Crippen LogP contribution in [0.5, 0.6) is 11.5 Å². The average Bonchev–Trinajstić information content (AvgIpc) is 2.71. The van der Waals surface area contributed by atoms with E-state index in [1.54, 1.807) is 6.07 Å². The number of carboxylic acids is 1. The predicted molar refractivity (Wildman–Crippen MR) is 119 cm³/mol. The van der Waals surface area contributed by atoms with Crippen LogP contribution in [0.15, 0.2) is 42.0 Å². The summed E-state index contributed by atoms with van der Waals surface area (Å²) in [5.74, 6) is -2.38. The first kappa shape index (κ1) is 22.6. The summed E-state index contributed by atoms with van der Waals surface area (Å²) in [7, 11) is 1.37. The van der Waals surface area contributed by atoms with E-state index in [1.165, 1.54) is 43.5 Å². The fourth-order valence-corrected chi connectivity index (χ4v) is 3.65. The van der Waals surface area contributed by atoms with Crippen LogP contribution in [0.25, 0.3) is 6.08 Å². The van der Waals surface area contributed by atoms with Gasteiger partial charge in [0.05, 0.1) is 16.4 Å². The highest BCUT2D eigenvalue weighted by atomic mass is 127. The Hall–Kier alpha value is -3.12. The van der Waals surface area contributed by atoms with Crippen molar-refractivity contribution in [3.63, 3.8) is 0 Å². The van der Waals surface area contributed by atoms with Gasteiger partial charge in [0.25, 0.3) is 11.8 Å². The summed E-state index contributed by atoms with van der Waals surface area (Å²) < 4.78 is 11.0. The number of carbonyl (C=O) groups is 4. The summed E-state index contributed by atoms with van der Waals surface area (Å²) in [4.78, 5) is 49.1. The third-order valence-electron chi connectivity index (χ3n) is 4.09. The first-order valence-corrected chi connectivity index (χ1v) is 10.1. The highest BCUT2D eigenvalue weighted by Gasteiger charge is 2.36. The molecule has 1 fully saturated rings. The zero-order valence-electron chi connectivity index (χ0n) is 15.8. The largest absolute Gasteiger partial charge is 0.493 e. The lowest BCUT2D eigenvalue weighted by atomic mass is 10.1. The van der Waals surface area contributed by atoms with Gasteiger partial charge < -0.3 is 14.6 Å². The maximum atomic E-state index is 12.9. The van der Waals surface area contributed by atoms with Gasteiger partial charge in [-0.3, -0.25) is 14.9 Å². The third-order valence-corrected chi connectivity index (χ3v) is 5.14. The van der Waals surface area contributed by atoms with E-state index < -0.39 is 30.4 Å². The van der Waals surface area contributed by atoms with E-state index in [-0.39, 0.29) is 22.8 Å². The van der Waals surface area contributed by atoms with E-state index >= 15 is 0 Å². The molecule has 0 unspecified atom stereocenters. The van der Waals surface area contributed by atoms with Crippen LogP contribution in [-0.4, -0.2) is 42.6 Å². The van der Waals surface area contributed by atoms with Gasteiger partial charge >= 0.3 is 12.0 Å². The molecule has 4 amide bonds. The van der Waals surface area contributed by atoms with E-state index in [0.717, 1.165) is 4.90 Å². The smallest absolute Gasteiger partial charge is 0.341 e. The maximum Gasteiger partial charge on any atom is 0.341 e. The van der Waals surface area contributed by atoms with Crippen LogP contribution in [0.2, 0.25) is 5.02 Å². The van der Waals surface area contributed by atoms with Gasteiger partial charge in [-0.1, -0.05) is 11.6 Å². The van der Waals surface area contributed by atoms with Crippen molar-refractivity contribution in [2.45, 2.75) is 0 Å². The quantitative estimate of drug-likeness (QED) is 0.319. The van der Waals surface area contributed by atoms with Gasteiger partial charge in [0.1, 0.15) is 5.57 Å². The standard InChI is InChI=1S/C20H14ClIN2O7/c1-30-15-8-10(7-14(22)17(15)31-9-16(25)26)6-13-18(27)23-20(29)24(19(13)28)12-4-2-11(21)3-5-12/h2-8H,9H2,1H3,(H,25,26)(H,23,27,29)/b13-6-. The highest BCUT2D eigenvalue weighted by Crippen LogP contribution is 2.35. The van der Waals surface area contributed by atoms with Crippen LogP contribution >= 0.6 is 34.2 Å². The lowest BCUT2D eigenvalue weighted by molar-refractivity contribution is -0.139. The first-order chi connectivity index (χ1) is 14.7. The topological polar surface area (TPSA) is 122 Å². The number of aliphatic carboxylic acids is 1. The molecule has 2 aromatic carbocycles. The number of carbonyl (C=O) groups excluding carboxylic acids is 3. The zero-order chi connectivity index (χ0) is 22.7. The molecule has 2 N–H and O–H groups in total. The van der Waals surface area contributed by atoms with Crippen LogP contribution in [0, 0.1) is 3.57 Å². The van der Waals surface area contributed by atoms with Gasteiger partial charge in [0.15, 0.2) is 18.1 Å². The molecule has 1 saturated heterocycles. The SMILES string of the molecule is COc1cc(/C=C2/C(=O)NC(=O)N(c3ccc(Cl)cc3)C2=O)cc(I)c1OCC(=O)O. The molecule has 0 aliphatic carbocycles. The van der Waals surface area contributed by atoms with Crippen molar-refractivity contribution in [3.8, 4) is 11.5 Å². The summed E-state index contributed by atoms with van der Waals surface area (Å²) in [5, 5.41) is 11.4. The van der Waals surface area contributed by atoms with Gasteiger partial charge in [-0.25, -0.2) is 14.5 Å². The van der Waals surface area contributed by atoms with E-state index in [2.05, 4.69) is 5.32 Å². The molecule has 11 heteroatoms. The molecule has 0 radical (unpaired) electrons. The normalized spacial score (nSPS) is 15.1. The number of imide groups is 2. The molecule has 0 bridgehead atoms. The molecule has 31 heavy (non-hydrogen) atoms. The molecular formula is C20H14ClIN2O7. The number of anilines is 1. The number of urea groups is 1. The Labute approximate surface area is 194 Å². The van der Waals surface area contributed by atoms with Gasteiger partial charge in [0, 0.05) is 5.02 Å². The number of hydrogen-bond acceptors (Lipinski definition) is 6. The summed E-state index contributed by atoms with van der Waals surface area (Å²) >= 11 is 7.77. The number of amides is 4. The van der Waals surface area contributed by atoms with E-state index in [0.29, 0.717) is 14.2 Å². The molecule has 3 rings (SSSR count). The number of hydrogen-bond donors (Lipinski definition) is 2. The summed E-state index contributed by atoms with van der Waals surface area (Å²) in [5.41, 5.74) is 0.384. The third kappa shape index (κ3) is 4.97. The van der Waals surface area contributed by atoms with Crippen molar-refractivity contribution in [1.29, 1.82) is 0 Å². The minimum Gasteiger partial charge on any atom is -0.493 e.